The molecule has 1 N–H and O–H groups in total. The number of morpholine rings is 1. The molecule has 6 heterocycles. The Labute approximate surface area is 263 Å². The Hall–Kier alpha value is -5.02. The van der Waals surface area contributed by atoms with Crippen molar-refractivity contribution < 1.29 is 13.9 Å². The number of amides is 1. The molecule has 15 heteroatoms. The zero-order valence-corrected chi connectivity index (χ0v) is 25.7. The third-order valence-electron chi connectivity index (χ3n) is 7.84. The molecule has 0 bridgehead atoms. The zero-order valence-electron chi connectivity index (χ0n) is 25.7. The van der Waals surface area contributed by atoms with E-state index in [-0.39, 0.29) is 35.6 Å². The number of imidazole rings is 1. The van der Waals surface area contributed by atoms with Crippen molar-refractivity contribution in [3.8, 4) is 17.2 Å². The number of carbonyl (C=O) groups is 1. The van der Waals surface area contributed by atoms with Gasteiger partial charge in [-0.25, -0.2) is 19.4 Å². The lowest BCUT2D eigenvalue weighted by Crippen LogP contribution is -2.43. The average Bonchev–Trinajstić information content (AvgIpc) is 3.72. The summed E-state index contributed by atoms with van der Waals surface area (Å²) in [6.07, 6.45) is 5.73. The number of aromatic amines is 1. The summed E-state index contributed by atoms with van der Waals surface area (Å²) in [5, 5.41) is 4.83. The maximum atomic E-state index is 14.1. The monoisotopic (exact) mass is 630 g/mol. The van der Waals surface area contributed by atoms with Crippen molar-refractivity contribution in [2.45, 2.75) is 39.8 Å². The van der Waals surface area contributed by atoms with Crippen LogP contribution >= 0.6 is 0 Å². The van der Waals surface area contributed by atoms with Crippen LogP contribution in [0.5, 0.6) is 0 Å². The van der Waals surface area contributed by atoms with Crippen molar-refractivity contribution in [1.29, 1.82) is 0 Å². The van der Waals surface area contributed by atoms with E-state index in [4.69, 9.17) is 14.8 Å². The number of pyridine rings is 2. The van der Waals surface area contributed by atoms with Crippen LogP contribution in [0.25, 0.3) is 28.4 Å². The minimum absolute atomic E-state index is 0.203. The molecular formula is C31H35FN10O4. The highest BCUT2D eigenvalue weighted by molar-refractivity contribution is 6.05. The van der Waals surface area contributed by atoms with Crippen molar-refractivity contribution in [2.75, 3.05) is 44.3 Å². The van der Waals surface area contributed by atoms with E-state index in [0.29, 0.717) is 56.3 Å². The molecule has 1 fully saturated rings. The molecule has 0 atom stereocenters. The average molecular weight is 631 g/mol. The van der Waals surface area contributed by atoms with E-state index in [1.807, 2.05) is 13.8 Å². The fourth-order valence-corrected chi connectivity index (χ4v) is 5.53. The SMILES string of the molecule is CCCn1c(=O)c2[nH]c(-c3cc(N(CCN4CCOCC4)C(=O)c4ccc(F)nc4)n(-c4ccncc4)n3)nc2n(CCC)c1=O. The largest absolute Gasteiger partial charge is 0.379 e. The number of H-pyrrole nitrogens is 1. The first kappa shape index (κ1) is 31.0. The van der Waals surface area contributed by atoms with Gasteiger partial charge in [-0.1, -0.05) is 13.8 Å². The summed E-state index contributed by atoms with van der Waals surface area (Å²) in [7, 11) is 0. The van der Waals surface area contributed by atoms with Gasteiger partial charge in [-0.05, 0) is 37.1 Å². The Balaban J connectivity index is 1.50. The third-order valence-corrected chi connectivity index (χ3v) is 7.84. The predicted octanol–water partition coefficient (Wildman–Crippen LogP) is 2.47. The summed E-state index contributed by atoms with van der Waals surface area (Å²) >= 11 is 0. The minimum Gasteiger partial charge on any atom is -0.379 e. The molecule has 14 nitrogen and oxygen atoms in total. The van der Waals surface area contributed by atoms with Crippen LogP contribution in [0, 0.1) is 5.95 Å². The molecule has 1 saturated heterocycles. The second kappa shape index (κ2) is 13.5. The molecule has 0 spiro atoms. The molecule has 0 unspecified atom stereocenters. The lowest BCUT2D eigenvalue weighted by atomic mass is 10.2. The summed E-state index contributed by atoms with van der Waals surface area (Å²) in [6.45, 7) is 8.00. The second-order valence-corrected chi connectivity index (χ2v) is 11.0. The van der Waals surface area contributed by atoms with Gasteiger partial charge in [0.25, 0.3) is 11.5 Å². The summed E-state index contributed by atoms with van der Waals surface area (Å²) in [5.41, 5.74) is 0.772. The van der Waals surface area contributed by atoms with Gasteiger partial charge in [0.1, 0.15) is 17.0 Å². The number of hydrogen-bond donors (Lipinski definition) is 1. The fraction of sp³-hybridized carbons (Fsp3) is 0.387. The molecule has 240 valence electrons. The van der Waals surface area contributed by atoms with E-state index in [0.717, 1.165) is 19.2 Å². The Morgan fingerprint density at radius 3 is 2.46 bits per heavy atom. The van der Waals surface area contributed by atoms with Crippen LogP contribution < -0.4 is 16.1 Å². The highest BCUT2D eigenvalue weighted by Gasteiger charge is 2.27. The lowest BCUT2D eigenvalue weighted by molar-refractivity contribution is 0.0390. The Kier molecular flexibility index (Phi) is 9.12. The number of nitrogens with zero attached hydrogens (tertiary/aromatic N) is 9. The normalized spacial score (nSPS) is 13.8. The van der Waals surface area contributed by atoms with Crippen LogP contribution in [0.1, 0.15) is 37.0 Å². The van der Waals surface area contributed by atoms with Gasteiger partial charge in [0, 0.05) is 63.9 Å². The first-order valence-corrected chi connectivity index (χ1v) is 15.4. The molecule has 0 aliphatic carbocycles. The van der Waals surface area contributed by atoms with Crippen LogP contribution in [-0.4, -0.2) is 89.1 Å². The van der Waals surface area contributed by atoms with E-state index < -0.39 is 23.1 Å². The number of anilines is 1. The molecule has 6 rings (SSSR count). The summed E-state index contributed by atoms with van der Waals surface area (Å²) in [6, 6.07) is 7.76. The molecule has 46 heavy (non-hydrogen) atoms. The molecule has 1 amide bonds. The molecule has 0 radical (unpaired) electrons. The number of ether oxygens (including phenoxy) is 1. The van der Waals surface area contributed by atoms with Crippen molar-refractivity contribution in [1.82, 2.24) is 43.8 Å². The first-order chi connectivity index (χ1) is 22.4. The Morgan fingerprint density at radius 2 is 1.76 bits per heavy atom. The highest BCUT2D eigenvalue weighted by Crippen LogP contribution is 2.28. The van der Waals surface area contributed by atoms with E-state index in [1.165, 1.54) is 21.4 Å². The highest BCUT2D eigenvalue weighted by atomic mass is 19.1. The first-order valence-electron chi connectivity index (χ1n) is 15.4. The number of hydrogen-bond acceptors (Lipinski definition) is 9. The quantitative estimate of drug-likeness (QED) is 0.217. The number of halogens is 1. The maximum Gasteiger partial charge on any atom is 0.332 e. The van der Waals surface area contributed by atoms with Gasteiger partial charge in [-0.2, -0.15) is 9.49 Å². The molecular weight excluding hydrogens is 595 g/mol. The van der Waals surface area contributed by atoms with Gasteiger partial charge in [0.05, 0.1) is 24.5 Å². The smallest absolute Gasteiger partial charge is 0.332 e. The fourth-order valence-electron chi connectivity index (χ4n) is 5.53. The second-order valence-electron chi connectivity index (χ2n) is 11.0. The Morgan fingerprint density at radius 1 is 1.02 bits per heavy atom. The molecule has 1 aliphatic rings. The summed E-state index contributed by atoms with van der Waals surface area (Å²) in [5.74, 6) is -0.404. The van der Waals surface area contributed by atoms with Crippen molar-refractivity contribution >= 4 is 22.9 Å². The standard InChI is InChI=1S/C31H35FN10O4/c1-3-11-40-28-26(30(44)41(12-4-2)31(40)45)35-27(36-28)23-19-25(42(37-23)22-7-9-33-10-8-22)39(14-13-38-15-17-46-18-16-38)29(43)21-5-6-24(32)34-20-21/h5-10,19-20H,3-4,11-18H2,1-2H3,(H,35,36). The van der Waals surface area contributed by atoms with Crippen LogP contribution in [0.15, 0.2) is 58.5 Å². The molecule has 5 aromatic heterocycles. The summed E-state index contributed by atoms with van der Waals surface area (Å²) in [4.78, 5) is 60.1. The number of rotatable bonds is 11. The molecule has 0 saturated carbocycles. The van der Waals surface area contributed by atoms with Gasteiger partial charge in [0.15, 0.2) is 11.5 Å². The molecule has 1 aliphatic heterocycles. The molecule has 0 aromatic carbocycles. The lowest BCUT2D eigenvalue weighted by Gasteiger charge is -2.30. The van der Waals surface area contributed by atoms with Gasteiger partial charge in [0.2, 0.25) is 5.95 Å². The van der Waals surface area contributed by atoms with Crippen molar-refractivity contribution in [3.05, 3.63) is 81.3 Å². The minimum atomic E-state index is -0.690. The number of carbonyl (C=O) groups excluding carboxylic acids is 1. The number of aryl methyl sites for hydroxylation is 1. The van der Waals surface area contributed by atoms with E-state index in [9.17, 15) is 18.8 Å². The maximum absolute atomic E-state index is 14.1. The van der Waals surface area contributed by atoms with Gasteiger partial charge in [-0.3, -0.25) is 33.5 Å². The van der Waals surface area contributed by atoms with Gasteiger partial charge >= 0.3 is 5.69 Å². The summed E-state index contributed by atoms with van der Waals surface area (Å²) < 4.78 is 23.5. The van der Waals surface area contributed by atoms with Crippen LogP contribution in [0.4, 0.5) is 10.2 Å². The van der Waals surface area contributed by atoms with E-state index in [2.05, 4.69) is 19.9 Å². The Bertz CT molecular complexity index is 1940. The zero-order chi connectivity index (χ0) is 32.2. The topological polar surface area (TPSA) is 149 Å². The predicted molar refractivity (Wildman–Crippen MR) is 169 cm³/mol. The van der Waals surface area contributed by atoms with Crippen LogP contribution in [0.2, 0.25) is 0 Å². The van der Waals surface area contributed by atoms with Crippen LogP contribution in [-0.2, 0) is 17.8 Å². The molecule has 5 aromatic rings. The van der Waals surface area contributed by atoms with E-state index >= 15 is 0 Å². The third kappa shape index (κ3) is 6.10. The van der Waals surface area contributed by atoms with Crippen molar-refractivity contribution in [3.63, 3.8) is 0 Å². The van der Waals surface area contributed by atoms with Gasteiger partial charge in [-0.15, -0.1) is 0 Å². The van der Waals surface area contributed by atoms with Crippen molar-refractivity contribution in [2.24, 2.45) is 0 Å². The van der Waals surface area contributed by atoms with Crippen LogP contribution in [0.3, 0.4) is 0 Å². The number of aromatic nitrogens is 8. The van der Waals surface area contributed by atoms with E-state index in [1.54, 1.807) is 40.2 Å². The number of nitrogens with one attached hydrogen (secondary N) is 1. The van der Waals surface area contributed by atoms with Gasteiger partial charge < -0.3 is 9.72 Å². The number of fused-ring (bicyclic) bond motifs is 1.